The van der Waals surface area contributed by atoms with Gasteiger partial charge in [0, 0.05) is 17.8 Å². The topological polar surface area (TPSA) is 76.1 Å². The van der Waals surface area contributed by atoms with Crippen molar-refractivity contribution in [3.05, 3.63) is 90.5 Å². The van der Waals surface area contributed by atoms with Crippen LogP contribution in [0.4, 0.5) is 20.7 Å². The predicted molar refractivity (Wildman–Crippen MR) is 109 cm³/mol. The van der Waals surface area contributed by atoms with E-state index >= 15 is 0 Å². The first-order valence-electron chi connectivity index (χ1n) is 8.93. The summed E-state index contributed by atoms with van der Waals surface area (Å²) in [4.78, 5) is 20.7. The zero-order chi connectivity index (χ0) is 20.1. The van der Waals surface area contributed by atoms with Crippen molar-refractivity contribution >= 4 is 28.3 Å². The van der Waals surface area contributed by atoms with E-state index in [4.69, 9.17) is 4.74 Å². The van der Waals surface area contributed by atoms with Crippen molar-refractivity contribution in [1.82, 2.24) is 9.97 Å². The second-order valence-electron chi connectivity index (χ2n) is 6.23. The SMILES string of the molecule is O=C(Nc1nccnc1OCc1cccc(F)c1)Nc1cccc2ccccc12. The van der Waals surface area contributed by atoms with Gasteiger partial charge in [-0.25, -0.2) is 19.2 Å². The van der Waals surface area contributed by atoms with E-state index in [9.17, 15) is 9.18 Å². The molecule has 2 N–H and O–H groups in total. The molecular formula is C22H17FN4O2. The minimum Gasteiger partial charge on any atom is -0.470 e. The zero-order valence-corrected chi connectivity index (χ0v) is 15.3. The van der Waals surface area contributed by atoms with E-state index in [0.29, 0.717) is 11.3 Å². The van der Waals surface area contributed by atoms with Crippen molar-refractivity contribution in [1.29, 1.82) is 0 Å². The molecule has 7 heteroatoms. The minimum absolute atomic E-state index is 0.0933. The summed E-state index contributed by atoms with van der Waals surface area (Å²) in [5.41, 5.74) is 1.31. The molecule has 1 aromatic heterocycles. The van der Waals surface area contributed by atoms with Crippen LogP contribution in [0.1, 0.15) is 5.56 Å². The number of nitrogens with zero attached hydrogens (tertiary/aromatic N) is 2. The molecule has 4 rings (SSSR count). The third-order valence-corrected chi connectivity index (χ3v) is 4.20. The first-order valence-corrected chi connectivity index (χ1v) is 8.93. The number of amides is 2. The van der Waals surface area contributed by atoms with Crippen molar-refractivity contribution in [3.63, 3.8) is 0 Å². The zero-order valence-electron chi connectivity index (χ0n) is 15.3. The second kappa shape index (κ2) is 8.35. The van der Waals surface area contributed by atoms with Gasteiger partial charge in [0.15, 0.2) is 5.82 Å². The lowest BCUT2D eigenvalue weighted by Gasteiger charge is -2.12. The van der Waals surface area contributed by atoms with Gasteiger partial charge in [-0.3, -0.25) is 5.32 Å². The molecule has 0 unspecified atom stereocenters. The summed E-state index contributed by atoms with van der Waals surface area (Å²) >= 11 is 0. The van der Waals surface area contributed by atoms with E-state index in [1.54, 1.807) is 12.1 Å². The monoisotopic (exact) mass is 388 g/mol. The van der Waals surface area contributed by atoms with Crippen LogP contribution in [0, 0.1) is 5.82 Å². The molecule has 0 aliphatic heterocycles. The number of urea groups is 1. The lowest BCUT2D eigenvalue weighted by molar-refractivity contribution is 0.261. The number of hydrogen-bond donors (Lipinski definition) is 2. The highest BCUT2D eigenvalue weighted by Crippen LogP contribution is 2.24. The van der Waals surface area contributed by atoms with Crippen LogP contribution >= 0.6 is 0 Å². The Morgan fingerprint density at radius 1 is 0.931 bits per heavy atom. The molecule has 2 amide bonds. The van der Waals surface area contributed by atoms with Crippen molar-refractivity contribution in [3.8, 4) is 5.88 Å². The maximum absolute atomic E-state index is 13.3. The highest BCUT2D eigenvalue weighted by molar-refractivity contribution is 6.06. The fourth-order valence-corrected chi connectivity index (χ4v) is 2.89. The molecule has 0 radical (unpaired) electrons. The summed E-state index contributed by atoms with van der Waals surface area (Å²) in [6, 6.07) is 19.0. The van der Waals surface area contributed by atoms with Crippen LogP contribution in [-0.4, -0.2) is 16.0 Å². The molecule has 0 saturated carbocycles. The number of nitrogens with one attached hydrogen (secondary N) is 2. The molecule has 3 aromatic carbocycles. The summed E-state index contributed by atoms with van der Waals surface area (Å²) in [5, 5.41) is 7.41. The van der Waals surface area contributed by atoms with Crippen molar-refractivity contribution < 1.29 is 13.9 Å². The van der Waals surface area contributed by atoms with Crippen molar-refractivity contribution in [2.75, 3.05) is 10.6 Å². The number of halogens is 1. The molecule has 0 bridgehead atoms. The number of carbonyl (C=O) groups is 1. The molecule has 0 atom stereocenters. The quantitative estimate of drug-likeness (QED) is 0.505. The highest BCUT2D eigenvalue weighted by atomic mass is 19.1. The summed E-state index contributed by atoms with van der Waals surface area (Å²) < 4.78 is 18.9. The summed E-state index contributed by atoms with van der Waals surface area (Å²) in [6.45, 7) is 0.0933. The molecule has 29 heavy (non-hydrogen) atoms. The van der Waals surface area contributed by atoms with Crippen LogP contribution in [-0.2, 0) is 6.61 Å². The molecule has 0 aliphatic rings. The fraction of sp³-hybridized carbons (Fsp3) is 0.0455. The molecule has 1 heterocycles. The van der Waals surface area contributed by atoms with Crippen LogP contribution in [0.15, 0.2) is 79.1 Å². The third kappa shape index (κ3) is 4.47. The van der Waals surface area contributed by atoms with Gasteiger partial charge in [-0.15, -0.1) is 0 Å². The summed E-state index contributed by atoms with van der Waals surface area (Å²) in [5.74, 6) is -0.0375. The predicted octanol–water partition coefficient (Wildman–Crippen LogP) is 4.99. The van der Waals surface area contributed by atoms with Gasteiger partial charge in [0.05, 0.1) is 5.69 Å². The number of carbonyl (C=O) groups excluding carboxylic acids is 1. The number of benzene rings is 3. The Bertz CT molecular complexity index is 1160. The van der Waals surface area contributed by atoms with Crippen LogP contribution in [0.3, 0.4) is 0 Å². The van der Waals surface area contributed by atoms with Gasteiger partial charge in [-0.1, -0.05) is 48.5 Å². The van der Waals surface area contributed by atoms with E-state index in [2.05, 4.69) is 20.6 Å². The van der Waals surface area contributed by atoms with Gasteiger partial charge in [0.1, 0.15) is 12.4 Å². The molecule has 0 saturated heterocycles. The number of hydrogen-bond acceptors (Lipinski definition) is 4. The van der Waals surface area contributed by atoms with Gasteiger partial charge in [0.2, 0.25) is 0 Å². The van der Waals surface area contributed by atoms with Crippen LogP contribution < -0.4 is 15.4 Å². The number of aromatic nitrogens is 2. The number of rotatable bonds is 5. The summed E-state index contributed by atoms with van der Waals surface area (Å²) in [6.07, 6.45) is 2.90. The third-order valence-electron chi connectivity index (χ3n) is 4.20. The smallest absolute Gasteiger partial charge is 0.325 e. The average molecular weight is 388 g/mol. The van der Waals surface area contributed by atoms with Crippen molar-refractivity contribution in [2.24, 2.45) is 0 Å². The Kier molecular flexibility index (Phi) is 5.29. The Hall–Kier alpha value is -4.00. The lowest BCUT2D eigenvalue weighted by Crippen LogP contribution is -2.21. The number of anilines is 2. The normalized spacial score (nSPS) is 10.5. The maximum atomic E-state index is 13.3. The summed E-state index contributed by atoms with van der Waals surface area (Å²) in [7, 11) is 0. The lowest BCUT2D eigenvalue weighted by atomic mass is 10.1. The second-order valence-corrected chi connectivity index (χ2v) is 6.23. The average Bonchev–Trinajstić information content (AvgIpc) is 2.73. The number of fused-ring (bicyclic) bond motifs is 1. The number of ether oxygens (including phenoxy) is 1. The van der Waals surface area contributed by atoms with Gasteiger partial charge in [-0.05, 0) is 29.1 Å². The largest absolute Gasteiger partial charge is 0.470 e. The fourth-order valence-electron chi connectivity index (χ4n) is 2.89. The van der Waals surface area contributed by atoms with Gasteiger partial charge in [0.25, 0.3) is 5.88 Å². The first kappa shape index (κ1) is 18.4. The van der Waals surface area contributed by atoms with Crippen LogP contribution in [0.2, 0.25) is 0 Å². The van der Waals surface area contributed by atoms with Gasteiger partial charge >= 0.3 is 6.03 Å². The highest BCUT2D eigenvalue weighted by Gasteiger charge is 2.12. The molecule has 6 nitrogen and oxygen atoms in total. The van der Waals surface area contributed by atoms with Gasteiger partial charge < -0.3 is 10.1 Å². The standard InChI is InChI=1S/C22H17FN4O2/c23-17-8-3-5-15(13-17)14-29-21-20(24-11-12-25-21)27-22(28)26-19-10-4-7-16-6-1-2-9-18(16)19/h1-13H,14H2,(H2,24,26,27,28). The Morgan fingerprint density at radius 2 is 1.72 bits per heavy atom. The van der Waals surface area contributed by atoms with E-state index < -0.39 is 6.03 Å². The minimum atomic E-state index is -0.475. The Balaban J connectivity index is 1.47. The van der Waals surface area contributed by atoms with Gasteiger partial charge in [-0.2, -0.15) is 0 Å². The molecule has 0 fully saturated rings. The Labute approximate surface area is 166 Å². The molecule has 0 aliphatic carbocycles. The Morgan fingerprint density at radius 3 is 2.62 bits per heavy atom. The van der Waals surface area contributed by atoms with E-state index in [1.165, 1.54) is 24.5 Å². The van der Waals surface area contributed by atoms with Crippen molar-refractivity contribution in [2.45, 2.75) is 6.61 Å². The molecule has 0 spiro atoms. The maximum Gasteiger partial charge on any atom is 0.325 e. The van der Waals surface area contributed by atoms with E-state index in [0.717, 1.165) is 10.8 Å². The molecule has 4 aromatic rings. The van der Waals surface area contributed by atoms with Crippen LogP contribution in [0.5, 0.6) is 5.88 Å². The van der Waals surface area contributed by atoms with E-state index in [-0.39, 0.29) is 24.1 Å². The molecule has 144 valence electrons. The van der Waals surface area contributed by atoms with E-state index in [1.807, 2.05) is 42.5 Å². The van der Waals surface area contributed by atoms with Crippen LogP contribution in [0.25, 0.3) is 10.8 Å². The molecular weight excluding hydrogens is 371 g/mol. The first-order chi connectivity index (χ1) is 14.2.